The Hall–Kier alpha value is -2.04. The summed E-state index contributed by atoms with van der Waals surface area (Å²) in [5, 5.41) is 13.8. The van der Waals surface area contributed by atoms with Crippen molar-refractivity contribution in [3.8, 4) is 5.75 Å². The summed E-state index contributed by atoms with van der Waals surface area (Å²) in [6, 6.07) is 6.44. The number of hydrogen-bond donors (Lipinski definition) is 2. The Balaban J connectivity index is 1.61. The highest BCUT2D eigenvalue weighted by molar-refractivity contribution is 6.00. The Morgan fingerprint density at radius 2 is 1.42 bits per heavy atom. The molecule has 0 aliphatic heterocycles. The lowest BCUT2D eigenvalue weighted by atomic mass is 9.80. The first-order valence-corrected chi connectivity index (χ1v) is 13.5. The molecular weight excluding hydrogens is 412 g/mol. The van der Waals surface area contributed by atoms with Crippen molar-refractivity contribution in [1.29, 1.82) is 0 Å². The van der Waals surface area contributed by atoms with Crippen molar-refractivity contribution in [1.82, 2.24) is 10.2 Å². The van der Waals surface area contributed by atoms with Gasteiger partial charge in [0.1, 0.15) is 11.8 Å². The highest BCUT2D eigenvalue weighted by Crippen LogP contribution is 2.35. The Bertz CT molecular complexity index is 777. The minimum absolute atomic E-state index is 0.00770. The van der Waals surface area contributed by atoms with Gasteiger partial charge in [0.25, 0.3) is 5.91 Å². The standard InChI is InChI=1S/C28H42N2O3/c31-25-19-11-10-18-24(25)28(33)30(23-16-8-3-9-17-23)26(22-14-6-2-7-15-22)27(32)29-20-21-12-4-1-5-13-21/h10-11,18-19,21-23,26,31H,1-9,12-17,20H2,(H,29,32). The molecular formula is C28H42N2O3. The van der Waals surface area contributed by atoms with Crippen molar-refractivity contribution in [3.63, 3.8) is 0 Å². The van der Waals surface area contributed by atoms with Gasteiger partial charge in [0.2, 0.25) is 5.91 Å². The Morgan fingerprint density at radius 3 is 2.06 bits per heavy atom. The van der Waals surface area contributed by atoms with Crippen molar-refractivity contribution in [2.75, 3.05) is 6.54 Å². The van der Waals surface area contributed by atoms with Gasteiger partial charge < -0.3 is 15.3 Å². The van der Waals surface area contributed by atoms with E-state index in [-0.39, 0.29) is 29.5 Å². The summed E-state index contributed by atoms with van der Waals surface area (Å²) in [4.78, 5) is 29.7. The van der Waals surface area contributed by atoms with Gasteiger partial charge in [-0.1, -0.05) is 69.9 Å². The van der Waals surface area contributed by atoms with E-state index < -0.39 is 6.04 Å². The van der Waals surface area contributed by atoms with Crippen LogP contribution in [0, 0.1) is 11.8 Å². The van der Waals surface area contributed by atoms with E-state index in [1.54, 1.807) is 24.3 Å². The van der Waals surface area contributed by atoms with Crippen LogP contribution in [-0.2, 0) is 4.79 Å². The van der Waals surface area contributed by atoms with Crippen molar-refractivity contribution in [2.45, 2.75) is 108 Å². The van der Waals surface area contributed by atoms with Gasteiger partial charge in [0.15, 0.2) is 0 Å². The number of rotatable bonds is 7. The van der Waals surface area contributed by atoms with Gasteiger partial charge in [-0.25, -0.2) is 0 Å². The molecule has 33 heavy (non-hydrogen) atoms. The molecule has 0 aromatic heterocycles. The van der Waals surface area contributed by atoms with Gasteiger partial charge in [-0.2, -0.15) is 0 Å². The van der Waals surface area contributed by atoms with E-state index in [9.17, 15) is 14.7 Å². The van der Waals surface area contributed by atoms with E-state index in [2.05, 4.69) is 5.32 Å². The SMILES string of the molecule is O=C(NCC1CCCCC1)C(C1CCCCC1)N(C(=O)c1ccccc1O)C1CCCCC1. The van der Waals surface area contributed by atoms with Gasteiger partial charge in [0, 0.05) is 12.6 Å². The first kappa shape index (κ1) is 24.1. The van der Waals surface area contributed by atoms with E-state index in [1.165, 1.54) is 44.9 Å². The number of carbonyl (C=O) groups is 2. The van der Waals surface area contributed by atoms with Gasteiger partial charge >= 0.3 is 0 Å². The topological polar surface area (TPSA) is 69.6 Å². The summed E-state index contributed by atoms with van der Waals surface area (Å²) in [5.74, 6) is 0.618. The number of hydrogen-bond acceptors (Lipinski definition) is 3. The zero-order valence-corrected chi connectivity index (χ0v) is 20.1. The molecule has 2 amide bonds. The van der Waals surface area contributed by atoms with Crippen LogP contribution in [-0.4, -0.2) is 40.4 Å². The smallest absolute Gasteiger partial charge is 0.258 e. The van der Waals surface area contributed by atoms with Crippen LogP contribution in [0.3, 0.4) is 0 Å². The lowest BCUT2D eigenvalue weighted by Gasteiger charge is -2.43. The number of amides is 2. The molecule has 1 aromatic rings. The maximum absolute atomic E-state index is 13.9. The Morgan fingerprint density at radius 1 is 0.848 bits per heavy atom. The van der Waals surface area contributed by atoms with Crippen LogP contribution in [0.25, 0.3) is 0 Å². The normalized spacial score (nSPS) is 21.9. The number of aromatic hydroxyl groups is 1. The molecule has 2 N–H and O–H groups in total. The molecule has 1 aromatic carbocycles. The second-order valence-electron chi connectivity index (χ2n) is 10.6. The van der Waals surface area contributed by atoms with Crippen LogP contribution in [0.5, 0.6) is 5.75 Å². The fourth-order valence-electron chi connectivity index (χ4n) is 6.43. The molecule has 0 heterocycles. The number of para-hydroxylation sites is 1. The maximum Gasteiger partial charge on any atom is 0.258 e. The lowest BCUT2D eigenvalue weighted by molar-refractivity contribution is -0.129. The van der Waals surface area contributed by atoms with Crippen molar-refractivity contribution in [2.24, 2.45) is 11.8 Å². The zero-order valence-electron chi connectivity index (χ0n) is 20.1. The minimum Gasteiger partial charge on any atom is -0.507 e. The number of nitrogens with one attached hydrogen (secondary N) is 1. The van der Waals surface area contributed by atoms with E-state index in [4.69, 9.17) is 0 Å². The second-order valence-corrected chi connectivity index (χ2v) is 10.6. The molecule has 3 aliphatic rings. The van der Waals surface area contributed by atoms with Crippen molar-refractivity contribution < 1.29 is 14.7 Å². The molecule has 4 rings (SSSR count). The average Bonchev–Trinajstić information content (AvgIpc) is 2.87. The molecule has 182 valence electrons. The Labute approximate surface area is 199 Å². The fourth-order valence-corrected chi connectivity index (χ4v) is 6.43. The van der Waals surface area contributed by atoms with Crippen LogP contribution in [0.2, 0.25) is 0 Å². The molecule has 0 bridgehead atoms. The minimum atomic E-state index is -0.441. The summed E-state index contributed by atoms with van der Waals surface area (Å²) in [6.07, 6.45) is 16.9. The van der Waals surface area contributed by atoms with Crippen LogP contribution in [0.1, 0.15) is 107 Å². The predicted molar refractivity (Wildman–Crippen MR) is 131 cm³/mol. The number of carbonyl (C=O) groups excluding carboxylic acids is 2. The molecule has 0 saturated heterocycles. The molecule has 1 unspecified atom stereocenters. The van der Waals surface area contributed by atoms with Crippen LogP contribution < -0.4 is 5.32 Å². The summed E-state index contributed by atoms with van der Waals surface area (Å²) in [6.45, 7) is 0.728. The molecule has 5 heteroatoms. The van der Waals surface area contributed by atoms with E-state index in [0.29, 0.717) is 11.5 Å². The largest absolute Gasteiger partial charge is 0.507 e. The third-order valence-corrected chi connectivity index (χ3v) is 8.29. The summed E-state index contributed by atoms with van der Waals surface area (Å²) < 4.78 is 0. The molecule has 1 atom stereocenters. The highest BCUT2D eigenvalue weighted by Gasteiger charge is 2.41. The summed E-state index contributed by atoms with van der Waals surface area (Å²) >= 11 is 0. The molecule has 3 fully saturated rings. The van der Waals surface area contributed by atoms with Gasteiger partial charge in [-0.05, 0) is 62.5 Å². The van der Waals surface area contributed by atoms with E-state index in [1.807, 2.05) is 4.90 Å². The monoisotopic (exact) mass is 454 g/mol. The predicted octanol–water partition coefficient (Wildman–Crippen LogP) is 5.81. The maximum atomic E-state index is 13.9. The molecule has 0 radical (unpaired) electrons. The Kier molecular flexibility index (Phi) is 8.69. The third-order valence-electron chi connectivity index (χ3n) is 8.29. The van der Waals surface area contributed by atoms with Crippen molar-refractivity contribution in [3.05, 3.63) is 29.8 Å². The summed E-state index contributed by atoms with van der Waals surface area (Å²) in [7, 11) is 0. The lowest BCUT2D eigenvalue weighted by Crippen LogP contribution is -2.58. The molecule has 3 saturated carbocycles. The van der Waals surface area contributed by atoms with E-state index >= 15 is 0 Å². The zero-order chi connectivity index (χ0) is 23.0. The first-order valence-electron chi connectivity index (χ1n) is 13.5. The fraction of sp³-hybridized carbons (Fsp3) is 0.714. The average molecular weight is 455 g/mol. The van der Waals surface area contributed by atoms with Gasteiger partial charge in [-0.3, -0.25) is 9.59 Å². The second kappa shape index (κ2) is 11.9. The van der Waals surface area contributed by atoms with E-state index in [0.717, 1.165) is 57.9 Å². The number of phenols is 1. The van der Waals surface area contributed by atoms with Gasteiger partial charge in [0.05, 0.1) is 5.56 Å². The van der Waals surface area contributed by atoms with Crippen LogP contribution in [0.4, 0.5) is 0 Å². The van der Waals surface area contributed by atoms with Crippen LogP contribution in [0.15, 0.2) is 24.3 Å². The number of phenolic OH excluding ortho intramolecular Hbond substituents is 1. The third kappa shape index (κ3) is 6.10. The van der Waals surface area contributed by atoms with Gasteiger partial charge in [-0.15, -0.1) is 0 Å². The summed E-state index contributed by atoms with van der Waals surface area (Å²) in [5.41, 5.74) is 0.323. The number of nitrogens with zero attached hydrogens (tertiary/aromatic N) is 1. The molecule has 3 aliphatic carbocycles. The molecule has 5 nitrogen and oxygen atoms in total. The quantitative estimate of drug-likeness (QED) is 0.546. The van der Waals surface area contributed by atoms with Crippen LogP contribution >= 0.6 is 0 Å². The number of benzene rings is 1. The van der Waals surface area contributed by atoms with Crippen molar-refractivity contribution >= 4 is 11.8 Å². The first-order chi connectivity index (χ1) is 16.1. The highest BCUT2D eigenvalue weighted by atomic mass is 16.3. The molecule has 0 spiro atoms.